The zero-order chi connectivity index (χ0) is 20.2. The molecular formula is C20H26N4O4S. The van der Waals surface area contributed by atoms with Gasteiger partial charge in [-0.1, -0.05) is 13.0 Å². The Hall–Kier alpha value is -2.10. The fourth-order valence-corrected chi connectivity index (χ4v) is 5.81. The lowest BCUT2D eigenvalue weighted by Crippen LogP contribution is -2.41. The number of aliphatic hydroxyl groups excluding tert-OH is 1. The molecule has 1 aliphatic heterocycles. The Kier molecular flexibility index (Phi) is 4.56. The lowest BCUT2D eigenvalue weighted by molar-refractivity contribution is 0.170. The van der Waals surface area contributed by atoms with Gasteiger partial charge in [0, 0.05) is 11.6 Å². The van der Waals surface area contributed by atoms with Crippen LogP contribution in [0.1, 0.15) is 42.0 Å². The summed E-state index contributed by atoms with van der Waals surface area (Å²) in [7, 11) is -3.99. The van der Waals surface area contributed by atoms with Crippen molar-refractivity contribution in [2.45, 2.75) is 63.2 Å². The van der Waals surface area contributed by atoms with Crippen molar-refractivity contribution in [2.75, 3.05) is 11.9 Å². The fourth-order valence-electron chi connectivity index (χ4n) is 4.75. The van der Waals surface area contributed by atoms with E-state index in [-0.39, 0.29) is 16.7 Å². The Morgan fingerprint density at radius 1 is 1.21 bits per heavy atom. The topological polar surface area (TPSA) is 105 Å². The third-order valence-electron chi connectivity index (χ3n) is 6.06. The lowest BCUT2D eigenvalue weighted by atomic mass is 9.99. The molecule has 5 rings (SSSR count). The second-order valence-corrected chi connectivity index (χ2v) is 10.00. The van der Waals surface area contributed by atoms with E-state index < -0.39 is 16.4 Å². The van der Waals surface area contributed by atoms with Crippen molar-refractivity contribution < 1.29 is 18.3 Å². The van der Waals surface area contributed by atoms with Gasteiger partial charge in [-0.25, -0.2) is 13.1 Å². The molecule has 8 nitrogen and oxygen atoms in total. The first kappa shape index (κ1) is 18.9. The van der Waals surface area contributed by atoms with E-state index in [2.05, 4.69) is 21.2 Å². The van der Waals surface area contributed by atoms with Crippen molar-refractivity contribution in [1.29, 1.82) is 0 Å². The van der Waals surface area contributed by atoms with Gasteiger partial charge in [0.1, 0.15) is 0 Å². The highest BCUT2D eigenvalue weighted by Crippen LogP contribution is 2.38. The zero-order valence-electron chi connectivity index (χ0n) is 16.4. The van der Waals surface area contributed by atoms with E-state index in [1.807, 2.05) is 6.92 Å². The number of benzene rings is 1. The summed E-state index contributed by atoms with van der Waals surface area (Å²) in [5.41, 5.74) is 5.96. The number of ether oxygens (including phenoxy) is 1. The van der Waals surface area contributed by atoms with E-state index in [9.17, 15) is 13.5 Å². The van der Waals surface area contributed by atoms with Gasteiger partial charge in [0.05, 0.1) is 19.3 Å². The van der Waals surface area contributed by atoms with E-state index >= 15 is 0 Å². The minimum atomic E-state index is -3.99. The molecule has 3 aliphatic rings. The predicted molar refractivity (Wildman–Crippen MR) is 107 cm³/mol. The summed E-state index contributed by atoms with van der Waals surface area (Å²) in [6, 6.07) is 2.30. The standard InChI is InChI=1S/C20H26N4O4S/c1-12-10-24-19(28-11-12)17(9-21-24)29(26,27)23-20(25)22-18-15-6-2-4-13(15)8-14-5-3-7-16(14)18/h8-9,12,20,22-23,25H,2-7,10-11H2,1H3/t12-,20?/m1/s1. The van der Waals surface area contributed by atoms with Crippen molar-refractivity contribution in [3.63, 3.8) is 0 Å². The first-order valence-electron chi connectivity index (χ1n) is 10.2. The second-order valence-electron chi connectivity index (χ2n) is 8.31. The molecule has 2 aliphatic carbocycles. The van der Waals surface area contributed by atoms with Gasteiger partial charge in [0.15, 0.2) is 11.2 Å². The van der Waals surface area contributed by atoms with E-state index in [0.29, 0.717) is 13.2 Å². The quantitative estimate of drug-likeness (QED) is 0.637. The summed E-state index contributed by atoms with van der Waals surface area (Å²) in [6.45, 7) is 3.06. The summed E-state index contributed by atoms with van der Waals surface area (Å²) in [4.78, 5) is -0.0474. The van der Waals surface area contributed by atoms with Crippen LogP contribution in [0.15, 0.2) is 17.2 Å². The smallest absolute Gasteiger partial charge is 0.251 e. The number of anilines is 1. The van der Waals surface area contributed by atoms with Crippen LogP contribution in [0.4, 0.5) is 5.69 Å². The average molecular weight is 419 g/mol. The van der Waals surface area contributed by atoms with E-state index in [4.69, 9.17) is 4.74 Å². The van der Waals surface area contributed by atoms with Crippen LogP contribution in [0.25, 0.3) is 0 Å². The van der Waals surface area contributed by atoms with Crippen LogP contribution in [0.2, 0.25) is 0 Å². The number of nitrogens with one attached hydrogen (secondary N) is 2. The van der Waals surface area contributed by atoms with Gasteiger partial charge < -0.3 is 15.2 Å². The van der Waals surface area contributed by atoms with Crippen LogP contribution in [-0.4, -0.2) is 36.3 Å². The van der Waals surface area contributed by atoms with E-state index in [1.165, 1.54) is 28.5 Å². The number of aromatic nitrogens is 2. The number of rotatable bonds is 5. The highest BCUT2D eigenvalue weighted by atomic mass is 32.2. The molecule has 1 unspecified atom stereocenters. The first-order chi connectivity index (χ1) is 13.9. The van der Waals surface area contributed by atoms with Crippen LogP contribution >= 0.6 is 0 Å². The zero-order valence-corrected chi connectivity index (χ0v) is 17.3. The Morgan fingerprint density at radius 3 is 2.59 bits per heavy atom. The largest absolute Gasteiger partial charge is 0.477 e. The molecule has 156 valence electrons. The highest BCUT2D eigenvalue weighted by Gasteiger charge is 2.31. The molecule has 0 saturated heterocycles. The number of hydrogen-bond acceptors (Lipinski definition) is 6. The molecule has 2 aromatic rings. The van der Waals surface area contributed by atoms with E-state index in [1.54, 1.807) is 4.68 Å². The first-order valence-corrected chi connectivity index (χ1v) is 11.7. The molecule has 29 heavy (non-hydrogen) atoms. The number of aliphatic hydroxyl groups is 1. The molecule has 2 atom stereocenters. The number of fused-ring (bicyclic) bond motifs is 3. The van der Waals surface area contributed by atoms with Crippen LogP contribution < -0.4 is 14.8 Å². The van der Waals surface area contributed by atoms with Crippen molar-refractivity contribution in [3.05, 3.63) is 34.5 Å². The Bertz CT molecular complexity index is 1030. The van der Waals surface area contributed by atoms with Gasteiger partial charge in [-0.2, -0.15) is 9.82 Å². The van der Waals surface area contributed by atoms with Gasteiger partial charge in [-0.15, -0.1) is 0 Å². The Balaban J connectivity index is 1.39. The van der Waals surface area contributed by atoms with Gasteiger partial charge >= 0.3 is 0 Å². The lowest BCUT2D eigenvalue weighted by Gasteiger charge is -2.23. The molecule has 0 saturated carbocycles. The van der Waals surface area contributed by atoms with Gasteiger partial charge in [-0.3, -0.25) is 0 Å². The molecule has 0 radical (unpaired) electrons. The molecule has 2 heterocycles. The molecule has 1 aromatic heterocycles. The summed E-state index contributed by atoms with van der Waals surface area (Å²) < 4.78 is 35.2. The van der Waals surface area contributed by atoms with Crippen LogP contribution in [-0.2, 0) is 42.3 Å². The number of nitrogens with zero attached hydrogens (tertiary/aromatic N) is 2. The van der Waals surface area contributed by atoms with Gasteiger partial charge in [0.2, 0.25) is 5.88 Å². The molecule has 3 N–H and O–H groups in total. The van der Waals surface area contributed by atoms with Gasteiger partial charge in [0.25, 0.3) is 10.0 Å². The number of sulfonamides is 1. The van der Waals surface area contributed by atoms with Crippen molar-refractivity contribution >= 4 is 15.7 Å². The minimum Gasteiger partial charge on any atom is -0.477 e. The maximum atomic E-state index is 12.9. The molecular weight excluding hydrogens is 392 g/mol. The molecule has 9 heteroatoms. The van der Waals surface area contributed by atoms with E-state index in [0.717, 1.165) is 44.2 Å². The fraction of sp³-hybridized carbons (Fsp3) is 0.550. The van der Waals surface area contributed by atoms with Crippen LogP contribution in [0.3, 0.4) is 0 Å². The Labute approximate surface area is 170 Å². The molecule has 1 aromatic carbocycles. The highest BCUT2D eigenvalue weighted by molar-refractivity contribution is 7.89. The summed E-state index contributed by atoms with van der Waals surface area (Å²) in [5, 5.41) is 17.8. The summed E-state index contributed by atoms with van der Waals surface area (Å²) in [6.07, 6.45) is 6.01. The third-order valence-corrected chi connectivity index (χ3v) is 7.45. The SMILES string of the molecule is C[C@H]1COc2c(S(=O)(=O)NC(O)Nc3c4c(cc5c3CCC5)CCC4)cnn2C1. The van der Waals surface area contributed by atoms with Crippen LogP contribution in [0.5, 0.6) is 5.88 Å². The minimum absolute atomic E-state index is 0.0474. The molecule has 0 spiro atoms. The predicted octanol–water partition coefficient (Wildman–Crippen LogP) is 1.56. The van der Waals surface area contributed by atoms with Crippen molar-refractivity contribution in [3.8, 4) is 5.88 Å². The summed E-state index contributed by atoms with van der Waals surface area (Å²) in [5.74, 6) is 0.490. The second kappa shape index (κ2) is 7.00. The monoisotopic (exact) mass is 418 g/mol. The van der Waals surface area contributed by atoms with Crippen molar-refractivity contribution in [2.24, 2.45) is 5.92 Å². The third kappa shape index (κ3) is 3.31. The average Bonchev–Trinajstić information content (AvgIpc) is 3.39. The maximum Gasteiger partial charge on any atom is 0.251 e. The number of hydrogen-bond donors (Lipinski definition) is 3. The summed E-state index contributed by atoms with van der Waals surface area (Å²) >= 11 is 0. The molecule has 0 bridgehead atoms. The van der Waals surface area contributed by atoms with Crippen molar-refractivity contribution in [1.82, 2.24) is 14.5 Å². The number of aryl methyl sites for hydroxylation is 2. The molecule has 0 fully saturated rings. The normalized spacial score (nSPS) is 21.2. The van der Waals surface area contributed by atoms with Gasteiger partial charge in [-0.05, 0) is 60.8 Å². The maximum absolute atomic E-state index is 12.9. The molecule has 0 amide bonds. The van der Waals surface area contributed by atoms with Crippen LogP contribution in [0, 0.1) is 5.92 Å². The Morgan fingerprint density at radius 2 is 1.90 bits per heavy atom.